The summed E-state index contributed by atoms with van der Waals surface area (Å²) in [6, 6.07) is 4.04. The third-order valence-corrected chi connectivity index (χ3v) is 5.14. The molecule has 0 aliphatic heterocycles. The number of hydrogen-bond acceptors (Lipinski definition) is 1. The minimum absolute atomic E-state index is 0.0923. The SMILES string of the molecule is FC(F)(F)c1c(C(F)(F)F)c(C(F)(F)F)c2c(sc3ccccc32)c1C(F)(F)F. The number of hydrogen-bond donors (Lipinski definition) is 0. The Labute approximate surface area is 156 Å². The Hall–Kier alpha value is -2.18. The van der Waals surface area contributed by atoms with E-state index < -0.39 is 62.4 Å². The highest BCUT2D eigenvalue weighted by molar-refractivity contribution is 7.26. The molecule has 0 spiro atoms. The van der Waals surface area contributed by atoms with Crippen molar-refractivity contribution in [1.82, 2.24) is 0 Å². The molecule has 13 heteroatoms. The standard InChI is InChI=1S/C16H4F12S/c17-13(18,19)8-7-5-3-1-2-4-6(5)29-12(7)11(16(26,27)28)10(15(23,24)25)9(8)14(20,21)22/h1-4H. The Bertz CT molecular complexity index is 1090. The van der Waals surface area contributed by atoms with Gasteiger partial charge < -0.3 is 0 Å². The largest absolute Gasteiger partial charge is 0.418 e. The van der Waals surface area contributed by atoms with Crippen molar-refractivity contribution in [3.8, 4) is 0 Å². The number of thiophene rings is 1. The summed E-state index contributed by atoms with van der Waals surface area (Å²) in [5.41, 5.74) is -12.4. The second kappa shape index (κ2) is 6.16. The van der Waals surface area contributed by atoms with Gasteiger partial charge in [-0.15, -0.1) is 11.3 Å². The first-order valence-electron chi connectivity index (χ1n) is 7.25. The fourth-order valence-electron chi connectivity index (χ4n) is 3.08. The van der Waals surface area contributed by atoms with E-state index in [1.807, 2.05) is 0 Å². The van der Waals surface area contributed by atoms with Crippen LogP contribution in [0.25, 0.3) is 20.2 Å². The van der Waals surface area contributed by atoms with Crippen molar-refractivity contribution in [3.05, 3.63) is 46.5 Å². The van der Waals surface area contributed by atoms with Crippen LogP contribution in [0.2, 0.25) is 0 Å². The molecule has 0 bridgehead atoms. The van der Waals surface area contributed by atoms with Gasteiger partial charge in [0.2, 0.25) is 0 Å². The first-order valence-corrected chi connectivity index (χ1v) is 8.07. The molecule has 0 saturated carbocycles. The smallest absolute Gasteiger partial charge is 0.166 e. The van der Waals surface area contributed by atoms with Gasteiger partial charge in [-0.2, -0.15) is 52.7 Å². The molecule has 0 radical (unpaired) electrons. The van der Waals surface area contributed by atoms with Crippen LogP contribution in [-0.4, -0.2) is 0 Å². The van der Waals surface area contributed by atoms with Gasteiger partial charge in [0.05, 0.1) is 22.3 Å². The first-order chi connectivity index (χ1) is 13.0. The van der Waals surface area contributed by atoms with E-state index in [-0.39, 0.29) is 16.0 Å². The molecule has 0 aliphatic rings. The van der Waals surface area contributed by atoms with Crippen molar-refractivity contribution >= 4 is 31.5 Å². The number of benzene rings is 2. The molecule has 0 atom stereocenters. The zero-order valence-electron chi connectivity index (χ0n) is 13.3. The zero-order chi connectivity index (χ0) is 22.2. The molecule has 158 valence electrons. The lowest BCUT2D eigenvalue weighted by Crippen LogP contribution is -2.27. The third kappa shape index (κ3) is 3.49. The minimum atomic E-state index is -6.37. The van der Waals surface area contributed by atoms with Crippen molar-refractivity contribution in [3.63, 3.8) is 0 Å². The molecule has 0 amide bonds. The van der Waals surface area contributed by atoms with E-state index >= 15 is 0 Å². The van der Waals surface area contributed by atoms with Crippen LogP contribution < -0.4 is 0 Å². The summed E-state index contributed by atoms with van der Waals surface area (Å²) in [6.07, 6.45) is -24.8. The Balaban J connectivity index is 2.84. The molecule has 0 aliphatic carbocycles. The lowest BCUT2D eigenvalue weighted by atomic mass is 9.90. The van der Waals surface area contributed by atoms with E-state index in [1.165, 1.54) is 6.07 Å². The maximum atomic E-state index is 13.6. The molecule has 0 unspecified atom stereocenters. The predicted octanol–water partition coefficient (Wildman–Crippen LogP) is 8.13. The van der Waals surface area contributed by atoms with Gasteiger partial charge in [0.1, 0.15) is 0 Å². The van der Waals surface area contributed by atoms with Gasteiger partial charge >= 0.3 is 24.7 Å². The van der Waals surface area contributed by atoms with E-state index in [4.69, 9.17) is 0 Å². The average molecular weight is 456 g/mol. The normalized spacial score (nSPS) is 14.2. The lowest BCUT2D eigenvalue weighted by Gasteiger charge is -2.25. The number of rotatable bonds is 0. The second-order valence-corrected chi connectivity index (χ2v) is 6.85. The van der Waals surface area contributed by atoms with Crippen molar-refractivity contribution < 1.29 is 52.7 Å². The molecule has 3 aromatic rings. The molecule has 2 aromatic carbocycles. The second-order valence-electron chi connectivity index (χ2n) is 5.79. The molecule has 1 heterocycles. The van der Waals surface area contributed by atoms with Gasteiger partial charge in [-0.05, 0) is 6.07 Å². The van der Waals surface area contributed by atoms with E-state index in [0.717, 1.165) is 18.2 Å². The highest BCUT2D eigenvalue weighted by Gasteiger charge is 2.56. The fraction of sp³-hybridized carbons (Fsp3) is 0.250. The number of fused-ring (bicyclic) bond motifs is 3. The van der Waals surface area contributed by atoms with Crippen LogP contribution in [0.1, 0.15) is 22.3 Å². The first kappa shape index (κ1) is 21.5. The highest BCUT2D eigenvalue weighted by atomic mass is 32.1. The topological polar surface area (TPSA) is 0 Å². The van der Waals surface area contributed by atoms with Crippen LogP contribution in [0, 0.1) is 0 Å². The lowest BCUT2D eigenvalue weighted by molar-refractivity contribution is -0.181. The maximum absolute atomic E-state index is 13.6. The van der Waals surface area contributed by atoms with Crippen molar-refractivity contribution in [2.24, 2.45) is 0 Å². The summed E-state index contributed by atoms with van der Waals surface area (Å²) in [7, 11) is 0. The average Bonchev–Trinajstić information content (AvgIpc) is 2.87. The summed E-state index contributed by atoms with van der Waals surface area (Å²) in [5, 5.41) is -2.23. The van der Waals surface area contributed by atoms with Crippen LogP contribution in [0.4, 0.5) is 52.7 Å². The summed E-state index contributed by atoms with van der Waals surface area (Å²) >= 11 is -0.0923. The van der Waals surface area contributed by atoms with Crippen LogP contribution in [0.5, 0.6) is 0 Å². The summed E-state index contributed by atoms with van der Waals surface area (Å²) in [5.74, 6) is 0. The Morgan fingerprint density at radius 3 is 1.38 bits per heavy atom. The van der Waals surface area contributed by atoms with E-state index in [2.05, 4.69) is 0 Å². The molecule has 0 saturated heterocycles. The highest BCUT2D eigenvalue weighted by Crippen LogP contribution is 2.57. The van der Waals surface area contributed by atoms with Gasteiger partial charge in [-0.1, -0.05) is 18.2 Å². The molecule has 1 aromatic heterocycles. The monoisotopic (exact) mass is 456 g/mol. The van der Waals surface area contributed by atoms with E-state index in [1.54, 1.807) is 0 Å². The Kier molecular flexibility index (Phi) is 4.57. The Morgan fingerprint density at radius 1 is 0.517 bits per heavy atom. The van der Waals surface area contributed by atoms with Crippen LogP contribution >= 0.6 is 11.3 Å². The van der Waals surface area contributed by atoms with Crippen LogP contribution in [0.3, 0.4) is 0 Å². The number of alkyl halides is 12. The third-order valence-electron chi connectivity index (χ3n) is 3.96. The Morgan fingerprint density at radius 2 is 0.931 bits per heavy atom. The van der Waals surface area contributed by atoms with E-state index in [9.17, 15) is 52.7 Å². The summed E-state index contributed by atoms with van der Waals surface area (Å²) < 4.78 is 160. The molecule has 0 N–H and O–H groups in total. The zero-order valence-corrected chi connectivity index (χ0v) is 14.1. The van der Waals surface area contributed by atoms with Crippen molar-refractivity contribution in [2.45, 2.75) is 24.7 Å². The molecular weight excluding hydrogens is 452 g/mol. The molecular formula is C16H4F12S. The molecule has 0 fully saturated rings. The van der Waals surface area contributed by atoms with Gasteiger partial charge in [0, 0.05) is 20.2 Å². The van der Waals surface area contributed by atoms with Gasteiger partial charge in [0.25, 0.3) is 0 Å². The summed E-state index contributed by atoms with van der Waals surface area (Å²) in [4.78, 5) is 0. The predicted molar refractivity (Wildman–Crippen MR) is 79.3 cm³/mol. The molecule has 29 heavy (non-hydrogen) atoms. The van der Waals surface area contributed by atoms with Crippen LogP contribution in [-0.2, 0) is 24.7 Å². The van der Waals surface area contributed by atoms with Gasteiger partial charge in [0.15, 0.2) is 0 Å². The van der Waals surface area contributed by atoms with Gasteiger partial charge in [-0.3, -0.25) is 0 Å². The van der Waals surface area contributed by atoms with Gasteiger partial charge in [-0.25, -0.2) is 0 Å². The fourth-order valence-corrected chi connectivity index (χ4v) is 4.36. The summed E-state index contributed by atoms with van der Waals surface area (Å²) in [6.45, 7) is 0. The molecule has 0 nitrogen and oxygen atoms in total. The molecule has 3 rings (SSSR count). The minimum Gasteiger partial charge on any atom is -0.166 e. The number of halogens is 12. The van der Waals surface area contributed by atoms with Crippen molar-refractivity contribution in [2.75, 3.05) is 0 Å². The van der Waals surface area contributed by atoms with E-state index in [0.29, 0.717) is 0 Å². The maximum Gasteiger partial charge on any atom is 0.418 e. The van der Waals surface area contributed by atoms with Crippen molar-refractivity contribution in [1.29, 1.82) is 0 Å². The quantitative estimate of drug-likeness (QED) is 0.300. The van der Waals surface area contributed by atoms with Crippen LogP contribution in [0.15, 0.2) is 24.3 Å².